The topological polar surface area (TPSA) is 111 Å². The van der Waals surface area contributed by atoms with E-state index in [0.29, 0.717) is 4.91 Å². The predicted molar refractivity (Wildman–Crippen MR) is 131 cm³/mol. The summed E-state index contributed by atoms with van der Waals surface area (Å²) in [7, 11) is 0. The molecule has 0 atom stereocenters. The number of carbonyl (C=O) groups excluding carboxylic acids is 2. The Kier molecular flexibility index (Phi) is 4.28. The summed E-state index contributed by atoms with van der Waals surface area (Å²) < 4.78 is 5.96. The van der Waals surface area contributed by atoms with Crippen molar-refractivity contribution in [1.29, 1.82) is 0 Å². The summed E-state index contributed by atoms with van der Waals surface area (Å²) in [4.78, 5) is 32.8. The van der Waals surface area contributed by atoms with E-state index in [-0.39, 0.29) is 22.6 Å². The lowest BCUT2D eigenvalue weighted by Gasteiger charge is -2.57. The second-order valence-corrected chi connectivity index (χ2v) is 11.5. The number of amides is 2. The molecule has 5 fully saturated rings. The van der Waals surface area contributed by atoms with Gasteiger partial charge in [0.2, 0.25) is 0 Å². The number of nitrogen functional groups attached to an aromatic ring is 1. The molecule has 2 aromatic heterocycles. The Morgan fingerprint density at radius 3 is 2.44 bits per heavy atom. The van der Waals surface area contributed by atoms with E-state index in [9.17, 15) is 9.59 Å². The molecule has 3 N–H and O–H groups in total. The second kappa shape index (κ2) is 7.18. The van der Waals surface area contributed by atoms with Crippen molar-refractivity contribution in [2.45, 2.75) is 43.9 Å². The number of hydrogen-bond donors (Lipinski definition) is 2. The zero-order chi connectivity index (χ0) is 23.0. The van der Waals surface area contributed by atoms with Crippen LogP contribution >= 0.6 is 11.8 Å². The minimum atomic E-state index is -0.367. The molecule has 4 aliphatic carbocycles. The Labute approximate surface area is 200 Å². The van der Waals surface area contributed by atoms with Crippen molar-refractivity contribution >= 4 is 46.1 Å². The van der Waals surface area contributed by atoms with Gasteiger partial charge in [-0.15, -0.1) is 0 Å². The van der Waals surface area contributed by atoms with Crippen LogP contribution in [-0.4, -0.2) is 21.1 Å². The van der Waals surface area contributed by atoms with E-state index in [1.165, 1.54) is 44.1 Å². The SMILES string of the molecule is Nc1nc2cc(-c3ccc(/C=C4/SC(=O)NC4=O)cn3)cc(C34CC5CC(CC(C5)C3)C4)c2o1. The third-order valence-corrected chi connectivity index (χ3v) is 8.95. The zero-order valence-corrected chi connectivity index (χ0v) is 19.4. The molecule has 5 aliphatic rings. The standard InChI is InChI=1S/C26H24N4O3S/c27-24-29-20-8-17(19-2-1-13(12-28-19)6-21-23(31)30-25(32)34-21)7-18(22(20)33-24)26-9-14-3-15(10-26)5-16(4-14)11-26/h1-2,6-8,12,14-16H,3-5,9-11H2,(H2,27,29)(H,30,31,32)/b21-6+. The molecule has 34 heavy (non-hydrogen) atoms. The lowest BCUT2D eigenvalue weighted by Crippen LogP contribution is -2.48. The first kappa shape index (κ1) is 20.3. The number of carbonyl (C=O) groups is 2. The van der Waals surface area contributed by atoms with E-state index < -0.39 is 0 Å². The highest BCUT2D eigenvalue weighted by molar-refractivity contribution is 8.18. The smallest absolute Gasteiger partial charge is 0.292 e. The summed E-state index contributed by atoms with van der Waals surface area (Å²) in [6.45, 7) is 0. The summed E-state index contributed by atoms with van der Waals surface area (Å²) >= 11 is 0.905. The first-order chi connectivity index (χ1) is 16.4. The van der Waals surface area contributed by atoms with E-state index in [1.807, 2.05) is 18.2 Å². The fraction of sp³-hybridized carbons (Fsp3) is 0.385. The number of hydrogen-bond acceptors (Lipinski definition) is 7. The number of imide groups is 1. The van der Waals surface area contributed by atoms with Gasteiger partial charge in [0.1, 0.15) is 5.52 Å². The average Bonchev–Trinajstić information content (AvgIpc) is 3.32. The van der Waals surface area contributed by atoms with Crippen molar-refractivity contribution in [3.8, 4) is 11.3 Å². The molecule has 8 heteroatoms. The molecular formula is C26H24N4O3S. The lowest BCUT2D eigenvalue weighted by molar-refractivity contribution is -0.115. The molecule has 0 unspecified atom stereocenters. The number of pyridine rings is 1. The van der Waals surface area contributed by atoms with Crippen LogP contribution in [0.25, 0.3) is 28.4 Å². The zero-order valence-electron chi connectivity index (χ0n) is 18.5. The normalized spacial score (nSPS) is 31.1. The van der Waals surface area contributed by atoms with Gasteiger partial charge in [0.05, 0.1) is 10.6 Å². The van der Waals surface area contributed by atoms with Gasteiger partial charge < -0.3 is 10.2 Å². The second-order valence-electron chi connectivity index (χ2n) is 10.5. The summed E-state index contributed by atoms with van der Waals surface area (Å²) in [6, 6.07) is 8.31. The van der Waals surface area contributed by atoms with Crippen LogP contribution in [0.2, 0.25) is 0 Å². The van der Waals surface area contributed by atoms with E-state index in [1.54, 1.807) is 12.3 Å². The van der Waals surface area contributed by atoms with E-state index in [2.05, 4.69) is 21.4 Å². The summed E-state index contributed by atoms with van der Waals surface area (Å²) in [6.07, 6.45) is 11.2. The van der Waals surface area contributed by atoms with Crippen molar-refractivity contribution in [3.05, 3.63) is 46.5 Å². The molecule has 0 spiro atoms. The van der Waals surface area contributed by atoms with Crippen LogP contribution in [0.5, 0.6) is 0 Å². The van der Waals surface area contributed by atoms with Crippen LogP contribution in [0.4, 0.5) is 10.8 Å². The number of oxazole rings is 1. The minimum absolute atomic E-state index is 0.138. The molecule has 2 amide bonds. The number of aromatic nitrogens is 2. The van der Waals surface area contributed by atoms with Crippen LogP contribution in [0, 0.1) is 17.8 Å². The van der Waals surface area contributed by atoms with Crippen LogP contribution in [0.3, 0.4) is 0 Å². The summed E-state index contributed by atoms with van der Waals surface area (Å²) in [5.74, 6) is 2.07. The number of nitrogens with one attached hydrogen (secondary N) is 1. The van der Waals surface area contributed by atoms with Crippen molar-refractivity contribution < 1.29 is 14.0 Å². The third kappa shape index (κ3) is 3.19. The number of nitrogens with zero attached hydrogens (tertiary/aromatic N) is 2. The van der Waals surface area contributed by atoms with Gasteiger partial charge in [-0.1, -0.05) is 6.07 Å². The molecule has 172 valence electrons. The maximum Gasteiger partial charge on any atom is 0.292 e. The van der Waals surface area contributed by atoms with Crippen molar-refractivity contribution in [2.75, 3.05) is 5.73 Å². The molecule has 3 aromatic rings. The first-order valence-corrected chi connectivity index (χ1v) is 12.7. The predicted octanol–water partition coefficient (Wildman–Crippen LogP) is 5.26. The van der Waals surface area contributed by atoms with Gasteiger partial charge in [0, 0.05) is 17.3 Å². The highest BCUT2D eigenvalue weighted by Crippen LogP contribution is 2.61. The Bertz CT molecular complexity index is 1360. The molecule has 7 nitrogen and oxygen atoms in total. The lowest BCUT2D eigenvalue weighted by atomic mass is 9.48. The molecule has 4 bridgehead atoms. The fourth-order valence-corrected chi connectivity index (χ4v) is 7.95. The third-order valence-electron chi connectivity index (χ3n) is 8.14. The number of fused-ring (bicyclic) bond motifs is 1. The number of anilines is 1. The molecule has 1 aliphatic heterocycles. The maximum absolute atomic E-state index is 11.8. The van der Waals surface area contributed by atoms with Crippen molar-refractivity contribution in [3.63, 3.8) is 0 Å². The average molecular weight is 473 g/mol. The number of nitrogens with two attached hydrogens (primary N) is 1. The highest BCUT2D eigenvalue weighted by atomic mass is 32.2. The van der Waals surface area contributed by atoms with E-state index >= 15 is 0 Å². The molecule has 0 radical (unpaired) electrons. The van der Waals surface area contributed by atoms with Crippen LogP contribution in [-0.2, 0) is 10.2 Å². The Hall–Kier alpha value is -3.13. The van der Waals surface area contributed by atoms with Gasteiger partial charge in [-0.3, -0.25) is 19.9 Å². The summed E-state index contributed by atoms with van der Waals surface area (Å²) in [5, 5.41) is 1.93. The van der Waals surface area contributed by atoms with Crippen LogP contribution < -0.4 is 11.1 Å². The van der Waals surface area contributed by atoms with Gasteiger partial charge in [-0.25, -0.2) is 0 Å². The largest absolute Gasteiger partial charge is 0.423 e. The van der Waals surface area contributed by atoms with Gasteiger partial charge >= 0.3 is 0 Å². The minimum Gasteiger partial charge on any atom is -0.423 e. The molecular weight excluding hydrogens is 448 g/mol. The van der Waals surface area contributed by atoms with Crippen LogP contribution in [0.15, 0.2) is 39.8 Å². The monoisotopic (exact) mass is 472 g/mol. The van der Waals surface area contributed by atoms with Gasteiger partial charge in [-0.05, 0) is 103 Å². The van der Waals surface area contributed by atoms with E-state index in [4.69, 9.17) is 10.2 Å². The number of thioether (sulfide) groups is 1. The van der Waals surface area contributed by atoms with Crippen molar-refractivity contribution in [2.24, 2.45) is 17.8 Å². The Morgan fingerprint density at radius 1 is 1.09 bits per heavy atom. The van der Waals surface area contributed by atoms with Crippen LogP contribution in [0.1, 0.15) is 49.7 Å². The first-order valence-electron chi connectivity index (χ1n) is 11.9. The Balaban J connectivity index is 1.29. The van der Waals surface area contributed by atoms with Gasteiger partial charge in [-0.2, -0.15) is 4.98 Å². The molecule has 8 rings (SSSR count). The van der Waals surface area contributed by atoms with Gasteiger partial charge in [0.25, 0.3) is 17.2 Å². The maximum atomic E-state index is 11.8. The van der Waals surface area contributed by atoms with Gasteiger partial charge in [0.15, 0.2) is 5.58 Å². The van der Waals surface area contributed by atoms with Crippen molar-refractivity contribution in [1.82, 2.24) is 15.3 Å². The molecule has 1 saturated heterocycles. The molecule has 4 saturated carbocycles. The number of benzene rings is 1. The molecule has 3 heterocycles. The molecule has 1 aromatic carbocycles. The fourth-order valence-electron chi connectivity index (χ4n) is 7.27. The highest BCUT2D eigenvalue weighted by Gasteiger charge is 2.52. The Morgan fingerprint density at radius 2 is 1.82 bits per heavy atom. The number of rotatable bonds is 3. The quantitative estimate of drug-likeness (QED) is 0.500. The van der Waals surface area contributed by atoms with E-state index in [0.717, 1.165) is 57.4 Å². The summed E-state index contributed by atoms with van der Waals surface area (Å²) in [5.41, 5.74) is 11.6.